The molecule has 1 rings (SSSR count). The minimum Gasteiger partial charge on any atom is -0.460 e. The van der Waals surface area contributed by atoms with Crippen LogP contribution in [0.1, 0.15) is 30.8 Å². The fourth-order valence-corrected chi connectivity index (χ4v) is 1.45. The summed E-state index contributed by atoms with van der Waals surface area (Å²) in [5.74, 6) is 0.295. The Morgan fingerprint density at radius 2 is 2.29 bits per heavy atom. The minimum atomic E-state index is -0.455. The molecule has 0 unspecified atom stereocenters. The molecule has 0 aromatic carbocycles. The van der Waals surface area contributed by atoms with Crippen molar-refractivity contribution in [1.29, 1.82) is 0 Å². The van der Waals surface area contributed by atoms with Crippen molar-refractivity contribution in [3.05, 3.63) is 22.6 Å². The van der Waals surface area contributed by atoms with Gasteiger partial charge in [0, 0.05) is 13.5 Å². The number of Topliss-reactive ketones (excluding diaryl/α,β-unsaturated/α-hetero) is 1. The molecule has 0 N–H and O–H groups in total. The maximum absolute atomic E-state index is 11.7. The number of carbonyl (C=O) groups excluding carboxylic acids is 1. The van der Waals surface area contributed by atoms with Gasteiger partial charge >= 0.3 is 0 Å². The lowest BCUT2D eigenvalue weighted by atomic mass is 10.0. The minimum absolute atomic E-state index is 0.0614. The van der Waals surface area contributed by atoms with E-state index >= 15 is 0 Å². The van der Waals surface area contributed by atoms with Crippen LogP contribution in [-0.2, 0) is 4.74 Å². The Balaban J connectivity index is 2.73. The highest BCUT2D eigenvalue weighted by molar-refractivity contribution is 9.10. The molecule has 0 aliphatic heterocycles. The van der Waals surface area contributed by atoms with Gasteiger partial charge in [0.15, 0.2) is 5.76 Å². The van der Waals surface area contributed by atoms with Gasteiger partial charge in [-0.15, -0.1) is 0 Å². The molecule has 1 aromatic rings. The number of hydrogen-bond acceptors (Lipinski definition) is 3. The number of carbonyl (C=O) groups is 1. The summed E-state index contributed by atoms with van der Waals surface area (Å²) in [7, 11) is 1.59. The van der Waals surface area contributed by atoms with Crippen LogP contribution < -0.4 is 0 Å². The van der Waals surface area contributed by atoms with Crippen molar-refractivity contribution >= 4 is 21.7 Å². The van der Waals surface area contributed by atoms with Gasteiger partial charge in [0.05, 0.1) is 16.3 Å². The first-order valence-corrected chi connectivity index (χ1v) is 5.07. The second-order valence-corrected chi connectivity index (χ2v) is 4.52. The van der Waals surface area contributed by atoms with Gasteiger partial charge in [-0.2, -0.15) is 0 Å². The summed E-state index contributed by atoms with van der Waals surface area (Å²) in [6.07, 6.45) is 1.78. The fourth-order valence-electron chi connectivity index (χ4n) is 1.03. The zero-order valence-electron chi connectivity index (χ0n) is 8.46. The summed E-state index contributed by atoms with van der Waals surface area (Å²) < 4.78 is 10.9. The highest BCUT2D eigenvalue weighted by atomic mass is 79.9. The lowest BCUT2D eigenvalue weighted by Gasteiger charge is -2.21. The quantitative estimate of drug-likeness (QED) is 0.782. The number of halogens is 1. The van der Waals surface area contributed by atoms with E-state index in [2.05, 4.69) is 15.9 Å². The number of hydrogen-bond donors (Lipinski definition) is 0. The molecule has 0 radical (unpaired) electrons. The Bertz CT molecular complexity index is 328. The van der Waals surface area contributed by atoms with Crippen LogP contribution in [0.3, 0.4) is 0 Å². The van der Waals surface area contributed by atoms with Crippen LogP contribution in [-0.4, -0.2) is 18.5 Å². The molecule has 78 valence electrons. The lowest BCUT2D eigenvalue weighted by Crippen LogP contribution is -2.26. The maximum atomic E-state index is 11.7. The molecule has 4 heteroatoms. The van der Waals surface area contributed by atoms with Gasteiger partial charge in [-0.3, -0.25) is 4.79 Å². The highest BCUT2D eigenvalue weighted by Crippen LogP contribution is 2.23. The number of ketones is 1. The standard InChI is InChI=1S/C10H13BrO3/c1-10(2,13-3)6-8(12)9-7(11)4-5-14-9/h4-5H,6H2,1-3H3. The zero-order valence-corrected chi connectivity index (χ0v) is 10.1. The van der Waals surface area contributed by atoms with Crippen molar-refractivity contribution in [2.45, 2.75) is 25.9 Å². The van der Waals surface area contributed by atoms with E-state index in [0.29, 0.717) is 16.7 Å². The van der Waals surface area contributed by atoms with Gasteiger partial charge in [0.1, 0.15) is 0 Å². The molecule has 0 aliphatic rings. The number of rotatable bonds is 4. The summed E-state index contributed by atoms with van der Waals surface area (Å²) in [5, 5.41) is 0. The summed E-state index contributed by atoms with van der Waals surface area (Å²) in [4.78, 5) is 11.7. The van der Waals surface area contributed by atoms with Crippen LogP contribution in [0.15, 0.2) is 21.2 Å². The van der Waals surface area contributed by atoms with Crippen molar-refractivity contribution in [2.75, 3.05) is 7.11 Å². The van der Waals surface area contributed by atoms with Gasteiger partial charge in [0.25, 0.3) is 0 Å². The Hall–Kier alpha value is -0.610. The number of methoxy groups -OCH3 is 1. The summed E-state index contributed by atoms with van der Waals surface area (Å²) in [6.45, 7) is 3.73. The van der Waals surface area contributed by atoms with Gasteiger partial charge in [-0.05, 0) is 35.8 Å². The predicted molar refractivity (Wildman–Crippen MR) is 56.4 cm³/mol. The zero-order chi connectivity index (χ0) is 10.8. The smallest absolute Gasteiger partial charge is 0.202 e. The van der Waals surface area contributed by atoms with E-state index < -0.39 is 5.60 Å². The Morgan fingerprint density at radius 1 is 1.64 bits per heavy atom. The van der Waals surface area contributed by atoms with E-state index in [1.54, 1.807) is 13.2 Å². The largest absolute Gasteiger partial charge is 0.460 e. The molecular formula is C10H13BrO3. The van der Waals surface area contributed by atoms with E-state index in [4.69, 9.17) is 9.15 Å². The molecule has 1 heterocycles. The highest BCUT2D eigenvalue weighted by Gasteiger charge is 2.24. The van der Waals surface area contributed by atoms with Crippen LogP contribution in [0.2, 0.25) is 0 Å². The van der Waals surface area contributed by atoms with E-state index in [9.17, 15) is 4.79 Å². The SMILES string of the molecule is COC(C)(C)CC(=O)c1occc1Br. The second-order valence-electron chi connectivity index (χ2n) is 3.66. The Labute approximate surface area is 91.6 Å². The Kier molecular flexibility index (Phi) is 3.50. The van der Waals surface area contributed by atoms with E-state index in [1.807, 2.05) is 13.8 Å². The molecule has 0 bridgehead atoms. The summed E-state index contributed by atoms with van der Waals surface area (Å²) in [5.41, 5.74) is -0.455. The van der Waals surface area contributed by atoms with E-state index in [1.165, 1.54) is 6.26 Å². The Morgan fingerprint density at radius 3 is 2.71 bits per heavy atom. The van der Waals surface area contributed by atoms with Crippen LogP contribution >= 0.6 is 15.9 Å². The molecule has 0 spiro atoms. The average Bonchev–Trinajstić information content (AvgIpc) is 2.51. The first kappa shape index (κ1) is 11.5. The first-order valence-electron chi connectivity index (χ1n) is 4.27. The summed E-state index contributed by atoms with van der Waals surface area (Å²) in [6, 6.07) is 1.70. The fraction of sp³-hybridized carbons (Fsp3) is 0.500. The van der Waals surface area contributed by atoms with Crippen LogP contribution in [0, 0.1) is 0 Å². The molecule has 14 heavy (non-hydrogen) atoms. The van der Waals surface area contributed by atoms with Crippen molar-refractivity contribution in [2.24, 2.45) is 0 Å². The third-order valence-corrected chi connectivity index (χ3v) is 2.63. The second kappa shape index (κ2) is 4.28. The first-order chi connectivity index (χ1) is 6.46. The third kappa shape index (κ3) is 2.69. The van der Waals surface area contributed by atoms with Gasteiger partial charge in [-0.25, -0.2) is 0 Å². The normalized spacial score (nSPS) is 11.7. The maximum Gasteiger partial charge on any atom is 0.202 e. The van der Waals surface area contributed by atoms with Crippen LogP contribution in [0.5, 0.6) is 0 Å². The molecule has 0 saturated heterocycles. The van der Waals surface area contributed by atoms with E-state index in [0.717, 1.165) is 0 Å². The molecule has 0 fully saturated rings. The van der Waals surface area contributed by atoms with Crippen molar-refractivity contribution < 1.29 is 13.9 Å². The van der Waals surface area contributed by atoms with E-state index in [-0.39, 0.29) is 5.78 Å². The molecule has 0 saturated carbocycles. The predicted octanol–water partition coefficient (Wildman–Crippen LogP) is 3.04. The van der Waals surface area contributed by atoms with Crippen LogP contribution in [0.25, 0.3) is 0 Å². The van der Waals surface area contributed by atoms with Crippen LogP contribution in [0.4, 0.5) is 0 Å². The lowest BCUT2D eigenvalue weighted by molar-refractivity contribution is 0.0163. The number of furan rings is 1. The summed E-state index contributed by atoms with van der Waals surface area (Å²) >= 11 is 3.24. The monoisotopic (exact) mass is 260 g/mol. The average molecular weight is 261 g/mol. The van der Waals surface area contributed by atoms with Crippen molar-refractivity contribution in [1.82, 2.24) is 0 Å². The van der Waals surface area contributed by atoms with Crippen molar-refractivity contribution in [3.63, 3.8) is 0 Å². The van der Waals surface area contributed by atoms with Gasteiger partial charge in [-0.1, -0.05) is 0 Å². The molecule has 0 amide bonds. The van der Waals surface area contributed by atoms with Crippen molar-refractivity contribution in [3.8, 4) is 0 Å². The number of ether oxygens (including phenoxy) is 1. The molecule has 0 aliphatic carbocycles. The topological polar surface area (TPSA) is 39.4 Å². The molecule has 1 aromatic heterocycles. The van der Waals surface area contributed by atoms with Gasteiger partial charge < -0.3 is 9.15 Å². The molecular weight excluding hydrogens is 248 g/mol. The van der Waals surface area contributed by atoms with Gasteiger partial charge in [0.2, 0.25) is 5.78 Å². The molecule has 0 atom stereocenters. The third-order valence-electron chi connectivity index (χ3n) is 2.01. The molecule has 3 nitrogen and oxygen atoms in total.